The molecule has 2 rings (SSSR count). The third-order valence-electron chi connectivity index (χ3n) is 5.64. The number of amides is 1. The molecule has 1 aromatic rings. The van der Waals surface area contributed by atoms with Crippen molar-refractivity contribution in [2.45, 2.75) is 45.6 Å². The molecule has 6 nitrogen and oxygen atoms in total. The summed E-state index contributed by atoms with van der Waals surface area (Å²) >= 11 is 0. The molecule has 1 aromatic carbocycles. The Bertz CT molecular complexity index is 715. The number of carboxylic acid groups (broad SMARTS) is 1. The van der Waals surface area contributed by atoms with Crippen LogP contribution in [-0.2, 0) is 11.2 Å². The summed E-state index contributed by atoms with van der Waals surface area (Å²) in [7, 11) is 0. The normalized spacial score (nSPS) is 20.2. The van der Waals surface area contributed by atoms with Crippen LogP contribution in [0.1, 0.15) is 54.6 Å². The number of carbonyl (C=O) groups excluding carboxylic acids is 1. The van der Waals surface area contributed by atoms with E-state index >= 15 is 0 Å². The van der Waals surface area contributed by atoms with Crippen molar-refractivity contribution in [3.05, 3.63) is 41.0 Å². The van der Waals surface area contributed by atoms with Crippen molar-refractivity contribution in [3.8, 4) is 0 Å². The maximum Gasteiger partial charge on any atom is 0.364 e. The van der Waals surface area contributed by atoms with E-state index in [1.165, 1.54) is 5.56 Å². The number of carbonyl (C=O) groups is 2. The first-order chi connectivity index (χ1) is 13.3. The molecule has 0 saturated carbocycles. The van der Waals surface area contributed by atoms with Crippen LogP contribution < -0.4 is 16.8 Å². The van der Waals surface area contributed by atoms with Crippen molar-refractivity contribution in [1.29, 1.82) is 0 Å². The van der Waals surface area contributed by atoms with Gasteiger partial charge in [-0.25, -0.2) is 4.79 Å². The highest BCUT2D eigenvalue weighted by Crippen LogP contribution is 2.33. The van der Waals surface area contributed by atoms with Gasteiger partial charge in [0.1, 0.15) is 0 Å². The summed E-state index contributed by atoms with van der Waals surface area (Å²) in [5, 5.41) is 11.6. The van der Waals surface area contributed by atoms with E-state index in [1.54, 1.807) is 0 Å². The molecule has 3 unspecified atom stereocenters. The Morgan fingerprint density at radius 1 is 1.36 bits per heavy atom. The number of quaternary nitrogens is 1. The number of aliphatic carboxylic acids is 1. The molecule has 0 saturated heterocycles. The zero-order chi connectivity index (χ0) is 20.7. The molecular weight excluding hydrogens is 354 g/mol. The van der Waals surface area contributed by atoms with E-state index in [0.29, 0.717) is 23.3 Å². The molecule has 0 aliphatic heterocycles. The molecule has 6 heteroatoms. The second-order valence-corrected chi connectivity index (χ2v) is 8.07. The number of benzene rings is 1. The van der Waals surface area contributed by atoms with Gasteiger partial charge in [-0.15, -0.1) is 0 Å². The van der Waals surface area contributed by atoms with Crippen LogP contribution in [0.15, 0.2) is 24.3 Å². The van der Waals surface area contributed by atoms with Gasteiger partial charge in [0.05, 0.1) is 6.54 Å². The maximum atomic E-state index is 12.4. The van der Waals surface area contributed by atoms with Crippen molar-refractivity contribution in [2.24, 2.45) is 23.5 Å². The highest BCUT2D eigenvalue weighted by atomic mass is 16.4. The van der Waals surface area contributed by atoms with Crippen LogP contribution in [-0.4, -0.2) is 36.1 Å². The van der Waals surface area contributed by atoms with E-state index in [2.05, 4.69) is 37.0 Å². The molecule has 0 spiro atoms. The minimum absolute atomic E-state index is 0.0132. The van der Waals surface area contributed by atoms with Gasteiger partial charge in [-0.05, 0) is 73.2 Å². The predicted molar refractivity (Wildman–Crippen MR) is 111 cm³/mol. The van der Waals surface area contributed by atoms with E-state index in [1.807, 2.05) is 18.2 Å². The lowest BCUT2D eigenvalue weighted by Gasteiger charge is -2.30. The highest BCUT2D eigenvalue weighted by molar-refractivity contribution is 5.95. The second kappa shape index (κ2) is 10.4. The SMILES string of the molecule is CC(C)C1C=Cc2cc(C(=O)NCC([NH3+])C(=O)O)ccc2CCC1CCCN. The summed E-state index contributed by atoms with van der Waals surface area (Å²) in [6.07, 6.45) is 8.74. The van der Waals surface area contributed by atoms with Crippen LogP contribution in [0.3, 0.4) is 0 Å². The van der Waals surface area contributed by atoms with Gasteiger partial charge < -0.3 is 21.9 Å². The Balaban J connectivity index is 2.17. The Hall–Kier alpha value is -2.18. The molecular formula is C22H34N3O3+. The highest BCUT2D eigenvalue weighted by Gasteiger charge is 2.24. The van der Waals surface area contributed by atoms with Gasteiger partial charge in [0.2, 0.25) is 0 Å². The summed E-state index contributed by atoms with van der Waals surface area (Å²) in [5.74, 6) is 0.386. The van der Waals surface area contributed by atoms with E-state index in [4.69, 9.17) is 10.8 Å². The monoisotopic (exact) mass is 388 g/mol. The van der Waals surface area contributed by atoms with Crippen LogP contribution >= 0.6 is 0 Å². The van der Waals surface area contributed by atoms with E-state index in [9.17, 15) is 9.59 Å². The summed E-state index contributed by atoms with van der Waals surface area (Å²) in [4.78, 5) is 23.2. The van der Waals surface area contributed by atoms with Gasteiger partial charge in [-0.3, -0.25) is 4.79 Å². The zero-order valence-corrected chi connectivity index (χ0v) is 17.0. The van der Waals surface area contributed by atoms with Crippen molar-refractivity contribution >= 4 is 18.0 Å². The standard InChI is InChI=1S/C22H33N3O3/c1-14(2)19-10-9-17-12-18(21(26)25-13-20(24)22(27)28)8-6-15(17)5-7-16(19)4-3-11-23/h6,8-10,12,14,16,19-20H,3-5,7,11,13,23-24H2,1-2H3,(H,25,26)(H,27,28)/p+1. The average molecular weight is 389 g/mol. The van der Waals surface area contributed by atoms with Crippen LogP contribution in [0.5, 0.6) is 0 Å². The van der Waals surface area contributed by atoms with Gasteiger partial charge >= 0.3 is 5.97 Å². The van der Waals surface area contributed by atoms with Gasteiger partial charge in [-0.1, -0.05) is 32.1 Å². The molecule has 0 heterocycles. The first-order valence-corrected chi connectivity index (χ1v) is 10.2. The first-order valence-electron chi connectivity index (χ1n) is 10.2. The molecule has 3 atom stereocenters. The second-order valence-electron chi connectivity index (χ2n) is 8.07. The van der Waals surface area contributed by atoms with Crippen LogP contribution in [0.2, 0.25) is 0 Å². The van der Waals surface area contributed by atoms with Gasteiger partial charge in [0.15, 0.2) is 6.04 Å². The Labute approximate surface area is 167 Å². The molecule has 1 amide bonds. The Morgan fingerprint density at radius 2 is 2.11 bits per heavy atom. The summed E-state index contributed by atoms with van der Waals surface area (Å²) < 4.78 is 0. The molecule has 0 fully saturated rings. The number of nitrogens with one attached hydrogen (secondary N) is 1. The molecule has 28 heavy (non-hydrogen) atoms. The number of nitrogens with two attached hydrogens (primary N) is 1. The fourth-order valence-corrected chi connectivity index (χ4v) is 3.91. The molecule has 7 N–H and O–H groups in total. The lowest BCUT2D eigenvalue weighted by atomic mass is 9.75. The lowest BCUT2D eigenvalue weighted by Crippen LogP contribution is -2.68. The number of hydrogen-bond acceptors (Lipinski definition) is 3. The minimum atomic E-state index is -1.02. The summed E-state index contributed by atoms with van der Waals surface area (Å²) in [6, 6.07) is 4.88. The van der Waals surface area contributed by atoms with Gasteiger partial charge in [0, 0.05) is 5.56 Å². The largest absolute Gasteiger partial charge is 0.477 e. The van der Waals surface area contributed by atoms with Gasteiger partial charge in [0.25, 0.3) is 5.91 Å². The smallest absolute Gasteiger partial charge is 0.364 e. The molecule has 1 aliphatic carbocycles. The van der Waals surface area contributed by atoms with E-state index in [-0.39, 0.29) is 12.5 Å². The molecule has 0 radical (unpaired) electrons. The number of aryl methyl sites for hydroxylation is 1. The van der Waals surface area contributed by atoms with Crippen molar-refractivity contribution < 1.29 is 20.4 Å². The molecule has 0 bridgehead atoms. The van der Waals surface area contributed by atoms with Gasteiger partial charge in [-0.2, -0.15) is 0 Å². The number of carboxylic acids is 1. The first kappa shape index (κ1) is 22.1. The summed E-state index contributed by atoms with van der Waals surface area (Å²) in [5.41, 5.74) is 12.1. The molecule has 154 valence electrons. The molecule has 1 aliphatic rings. The topological polar surface area (TPSA) is 120 Å². The quantitative estimate of drug-likeness (QED) is 0.542. The van der Waals surface area contributed by atoms with Crippen LogP contribution in [0.25, 0.3) is 6.08 Å². The fraction of sp³-hybridized carbons (Fsp3) is 0.545. The van der Waals surface area contributed by atoms with Crippen LogP contribution in [0, 0.1) is 17.8 Å². The third-order valence-corrected chi connectivity index (χ3v) is 5.64. The van der Waals surface area contributed by atoms with Crippen LogP contribution in [0.4, 0.5) is 0 Å². The number of allylic oxidation sites excluding steroid dienone is 1. The third kappa shape index (κ3) is 5.91. The van der Waals surface area contributed by atoms with Crippen molar-refractivity contribution in [1.82, 2.24) is 5.32 Å². The average Bonchev–Trinajstić information content (AvgIpc) is 2.65. The lowest BCUT2D eigenvalue weighted by molar-refractivity contribution is -0.404. The fourth-order valence-electron chi connectivity index (χ4n) is 3.91. The minimum Gasteiger partial charge on any atom is -0.477 e. The van der Waals surface area contributed by atoms with E-state index in [0.717, 1.165) is 37.8 Å². The van der Waals surface area contributed by atoms with Crippen molar-refractivity contribution in [2.75, 3.05) is 13.1 Å². The summed E-state index contributed by atoms with van der Waals surface area (Å²) in [6.45, 7) is 5.26. The number of rotatable bonds is 8. The van der Waals surface area contributed by atoms with Crippen molar-refractivity contribution in [3.63, 3.8) is 0 Å². The number of fused-ring (bicyclic) bond motifs is 1. The Morgan fingerprint density at radius 3 is 2.75 bits per heavy atom. The Kier molecular flexibility index (Phi) is 8.20. The predicted octanol–water partition coefficient (Wildman–Crippen LogP) is 1.70. The molecule has 0 aromatic heterocycles. The van der Waals surface area contributed by atoms with E-state index < -0.39 is 12.0 Å². The number of hydrogen-bond donors (Lipinski definition) is 4. The zero-order valence-electron chi connectivity index (χ0n) is 17.0. The maximum absolute atomic E-state index is 12.4.